The van der Waals surface area contributed by atoms with Crippen molar-refractivity contribution in [1.82, 2.24) is 0 Å². The summed E-state index contributed by atoms with van der Waals surface area (Å²) in [5.41, 5.74) is 3.21. The van der Waals surface area contributed by atoms with Gasteiger partial charge in [-0.3, -0.25) is 30.2 Å². The van der Waals surface area contributed by atoms with Crippen molar-refractivity contribution < 1.29 is 9.85 Å². The van der Waals surface area contributed by atoms with Gasteiger partial charge in [-0.25, -0.2) is 0 Å². The third kappa shape index (κ3) is 8.92. The Morgan fingerprint density at radius 1 is 0.583 bits per heavy atom. The maximum atomic E-state index is 10.6. The molecule has 4 rings (SSSR count). The summed E-state index contributed by atoms with van der Waals surface area (Å²) in [7, 11) is 0. The molecule has 0 aliphatic heterocycles. The summed E-state index contributed by atoms with van der Waals surface area (Å²) in [5, 5.41) is 21.3. The van der Waals surface area contributed by atoms with E-state index in [2.05, 4.69) is 55.2 Å². The van der Waals surface area contributed by atoms with E-state index in [1.165, 1.54) is 24.3 Å². The van der Waals surface area contributed by atoms with E-state index in [-0.39, 0.29) is 11.4 Å². The molecule has 0 aromatic heterocycles. The van der Waals surface area contributed by atoms with Gasteiger partial charge in [0, 0.05) is 43.8 Å². The van der Waals surface area contributed by atoms with Gasteiger partial charge in [0.25, 0.3) is 11.4 Å². The molecule has 0 aliphatic rings. The van der Waals surface area contributed by atoms with Crippen LogP contribution in [0.3, 0.4) is 0 Å². The first-order valence-corrected chi connectivity index (χ1v) is 12.5. The Bertz CT molecular complexity index is 1300. The molecule has 0 saturated heterocycles. The average molecular weight is 704 g/mol. The highest BCUT2D eigenvalue weighted by Crippen LogP contribution is 2.17. The van der Waals surface area contributed by atoms with E-state index >= 15 is 0 Å². The molecule has 0 bridgehead atoms. The van der Waals surface area contributed by atoms with Gasteiger partial charge in [-0.05, 0) is 105 Å². The van der Waals surface area contributed by atoms with Crippen molar-refractivity contribution in [3.63, 3.8) is 0 Å². The molecule has 0 atom stereocenters. The Morgan fingerprint density at radius 3 is 1.28 bits per heavy atom. The molecular weight excluding hydrogens is 686 g/mol. The molecule has 0 spiro atoms. The number of hydrogen-bond donors (Lipinski definition) is 0. The number of non-ortho nitro benzene ring substituents is 2. The molecule has 0 fully saturated rings. The van der Waals surface area contributed by atoms with Crippen LogP contribution in [-0.4, -0.2) is 22.3 Å². The van der Waals surface area contributed by atoms with Crippen molar-refractivity contribution in [2.45, 2.75) is 0 Å². The molecule has 0 aliphatic carbocycles. The van der Waals surface area contributed by atoms with Crippen LogP contribution in [0, 0.1) is 27.4 Å². The SMILES string of the molecule is O=[N+]([O-])c1cccc(C=Nc2ccc(I)cc2)c1.O=[N+]([O-])c1cccc(C=Nc2ccc(I)cc2)c1. The molecule has 0 saturated carbocycles. The van der Waals surface area contributed by atoms with E-state index in [1.807, 2.05) is 48.5 Å². The highest BCUT2D eigenvalue weighted by molar-refractivity contribution is 14.1. The van der Waals surface area contributed by atoms with Crippen molar-refractivity contribution in [3.8, 4) is 0 Å². The van der Waals surface area contributed by atoms with Crippen LogP contribution >= 0.6 is 45.2 Å². The van der Waals surface area contributed by atoms with Crippen LogP contribution in [0.25, 0.3) is 0 Å². The third-order valence-corrected chi connectivity index (χ3v) is 5.98. The topological polar surface area (TPSA) is 111 Å². The van der Waals surface area contributed by atoms with Crippen LogP contribution < -0.4 is 0 Å². The fraction of sp³-hybridized carbons (Fsp3) is 0. The average Bonchev–Trinajstić information content (AvgIpc) is 2.89. The van der Waals surface area contributed by atoms with Crippen LogP contribution in [0.1, 0.15) is 11.1 Å². The summed E-state index contributed by atoms with van der Waals surface area (Å²) in [4.78, 5) is 29.0. The standard InChI is InChI=1S/2C13H9IN2O2/c2*14-11-4-6-12(7-5-11)15-9-10-2-1-3-13(8-10)16(17)18/h2*1-9H. The van der Waals surface area contributed by atoms with Gasteiger partial charge in [0.2, 0.25) is 0 Å². The first-order chi connectivity index (χ1) is 17.3. The molecule has 0 radical (unpaired) electrons. The Hall–Kier alpha value is -3.52. The largest absolute Gasteiger partial charge is 0.270 e. The van der Waals surface area contributed by atoms with Crippen LogP contribution in [0.4, 0.5) is 22.7 Å². The van der Waals surface area contributed by atoms with Gasteiger partial charge in [-0.1, -0.05) is 24.3 Å². The molecule has 10 heteroatoms. The molecular formula is C26H18I2N4O4. The second-order valence-electron chi connectivity index (χ2n) is 7.17. The lowest BCUT2D eigenvalue weighted by molar-refractivity contribution is -0.385. The summed E-state index contributed by atoms with van der Waals surface area (Å²) >= 11 is 4.44. The number of nitro groups is 2. The smallest absolute Gasteiger partial charge is 0.258 e. The van der Waals surface area contributed by atoms with E-state index in [4.69, 9.17) is 0 Å². The zero-order chi connectivity index (χ0) is 25.9. The number of hydrogen-bond acceptors (Lipinski definition) is 6. The van der Waals surface area contributed by atoms with Gasteiger partial charge < -0.3 is 0 Å². The molecule has 36 heavy (non-hydrogen) atoms. The number of benzene rings is 4. The summed E-state index contributed by atoms with van der Waals surface area (Å²) in [6.45, 7) is 0. The van der Waals surface area contributed by atoms with Crippen molar-refractivity contribution in [1.29, 1.82) is 0 Å². The van der Waals surface area contributed by atoms with Gasteiger partial charge in [-0.2, -0.15) is 0 Å². The first kappa shape index (κ1) is 27.1. The zero-order valence-electron chi connectivity index (χ0n) is 18.6. The van der Waals surface area contributed by atoms with Gasteiger partial charge >= 0.3 is 0 Å². The van der Waals surface area contributed by atoms with Crippen LogP contribution in [-0.2, 0) is 0 Å². The second-order valence-corrected chi connectivity index (χ2v) is 9.66. The van der Waals surface area contributed by atoms with Crippen molar-refractivity contribution in [3.05, 3.63) is 136 Å². The minimum atomic E-state index is -0.414. The predicted octanol–water partition coefficient (Wildman–Crippen LogP) is 7.90. The highest BCUT2D eigenvalue weighted by atomic mass is 127. The minimum absolute atomic E-state index is 0.0709. The fourth-order valence-electron chi connectivity index (χ4n) is 2.79. The van der Waals surface area contributed by atoms with Gasteiger partial charge in [0.1, 0.15) is 0 Å². The molecule has 0 N–H and O–H groups in total. The molecule has 180 valence electrons. The van der Waals surface area contributed by atoms with E-state index in [9.17, 15) is 20.2 Å². The molecule has 0 unspecified atom stereocenters. The number of aliphatic imine (C=N–C) groups is 2. The van der Waals surface area contributed by atoms with Gasteiger partial charge in [0.15, 0.2) is 0 Å². The zero-order valence-corrected chi connectivity index (χ0v) is 22.9. The third-order valence-electron chi connectivity index (χ3n) is 4.54. The van der Waals surface area contributed by atoms with Crippen molar-refractivity contribution in [2.75, 3.05) is 0 Å². The molecule has 0 heterocycles. The summed E-state index contributed by atoms with van der Waals surface area (Å²) < 4.78 is 2.28. The number of halogens is 2. The normalized spacial score (nSPS) is 10.7. The Kier molecular flexibility index (Phi) is 10.2. The Morgan fingerprint density at radius 2 is 0.944 bits per heavy atom. The van der Waals surface area contributed by atoms with Crippen molar-refractivity contribution in [2.24, 2.45) is 9.98 Å². The Balaban J connectivity index is 0.000000201. The van der Waals surface area contributed by atoms with E-state index in [0.29, 0.717) is 11.1 Å². The minimum Gasteiger partial charge on any atom is -0.258 e. The molecule has 0 amide bonds. The van der Waals surface area contributed by atoms with Crippen LogP contribution in [0.5, 0.6) is 0 Å². The number of nitrogens with zero attached hydrogens (tertiary/aromatic N) is 4. The molecule has 4 aromatic carbocycles. The first-order valence-electron chi connectivity index (χ1n) is 10.4. The molecule has 4 aromatic rings. The summed E-state index contributed by atoms with van der Waals surface area (Å²) in [6.07, 6.45) is 3.24. The quantitative estimate of drug-likeness (QED) is 0.0880. The van der Waals surface area contributed by atoms with Crippen molar-refractivity contribution >= 4 is 80.4 Å². The van der Waals surface area contributed by atoms with Gasteiger partial charge in [0.05, 0.1) is 21.2 Å². The number of nitro benzene ring substituents is 2. The lowest BCUT2D eigenvalue weighted by Gasteiger charge is -1.95. The maximum absolute atomic E-state index is 10.6. The second kappa shape index (κ2) is 13.5. The Labute approximate surface area is 234 Å². The van der Waals surface area contributed by atoms with E-state index < -0.39 is 9.85 Å². The summed E-state index contributed by atoms with van der Waals surface area (Å²) in [5.74, 6) is 0. The van der Waals surface area contributed by atoms with Gasteiger partial charge in [-0.15, -0.1) is 0 Å². The number of rotatable bonds is 6. The lowest BCUT2D eigenvalue weighted by Crippen LogP contribution is -1.89. The van der Waals surface area contributed by atoms with E-state index in [1.54, 1.807) is 36.7 Å². The highest BCUT2D eigenvalue weighted by Gasteiger charge is 2.04. The van der Waals surface area contributed by atoms with Crippen LogP contribution in [0.15, 0.2) is 107 Å². The predicted molar refractivity (Wildman–Crippen MR) is 159 cm³/mol. The summed E-state index contributed by atoms with van der Waals surface area (Å²) in [6, 6.07) is 28.2. The fourth-order valence-corrected chi connectivity index (χ4v) is 3.51. The van der Waals surface area contributed by atoms with E-state index in [0.717, 1.165) is 18.5 Å². The van der Waals surface area contributed by atoms with Crippen LogP contribution in [0.2, 0.25) is 0 Å². The lowest BCUT2D eigenvalue weighted by atomic mass is 10.2. The molecule has 8 nitrogen and oxygen atoms in total. The monoisotopic (exact) mass is 704 g/mol. The maximum Gasteiger partial charge on any atom is 0.270 e.